The molecule has 0 bridgehead atoms. The number of hydrogen-bond donors (Lipinski definition) is 1. The molecule has 2 aromatic heterocycles. The molecule has 84 valence electrons. The third kappa shape index (κ3) is 2.46. The summed E-state index contributed by atoms with van der Waals surface area (Å²) in [6.07, 6.45) is 0.322. The number of carbonyl (C=O) groups is 1. The van der Waals surface area contributed by atoms with E-state index >= 15 is 0 Å². The van der Waals surface area contributed by atoms with Crippen molar-refractivity contribution in [3.8, 4) is 0 Å². The Balaban J connectivity index is 1.97. The van der Waals surface area contributed by atoms with Crippen LogP contribution in [0.15, 0.2) is 16.1 Å². The summed E-state index contributed by atoms with van der Waals surface area (Å²) in [5, 5.41) is 6.35. The summed E-state index contributed by atoms with van der Waals surface area (Å²) in [4.78, 5) is 16.7. The maximum absolute atomic E-state index is 11.6. The van der Waals surface area contributed by atoms with Crippen LogP contribution in [0.2, 0.25) is 0 Å². The van der Waals surface area contributed by atoms with Crippen LogP contribution in [0.5, 0.6) is 0 Å². The summed E-state index contributed by atoms with van der Waals surface area (Å²) in [6.45, 7) is 3.66. The van der Waals surface area contributed by atoms with E-state index in [4.69, 9.17) is 4.52 Å². The summed E-state index contributed by atoms with van der Waals surface area (Å²) < 4.78 is 4.85. The van der Waals surface area contributed by atoms with Gasteiger partial charge in [0.05, 0.1) is 17.6 Å². The second-order valence-corrected chi connectivity index (χ2v) is 4.35. The van der Waals surface area contributed by atoms with Crippen molar-refractivity contribution in [2.24, 2.45) is 0 Å². The highest BCUT2D eigenvalue weighted by Gasteiger charge is 2.10. The molecular weight excluding hydrogens is 226 g/mol. The Labute approximate surface area is 96.5 Å². The average molecular weight is 237 g/mol. The van der Waals surface area contributed by atoms with Crippen LogP contribution in [0.25, 0.3) is 0 Å². The molecule has 0 radical (unpaired) electrons. The standard InChI is InChI=1S/C10H11N3O2S/c1-6-3-9(13-15-6)12-10(14)4-8-7(2)11-5-16-8/h3,5H,4H2,1-2H3,(H,12,13,14). The van der Waals surface area contributed by atoms with Gasteiger partial charge in [-0.2, -0.15) is 0 Å². The molecule has 2 aromatic rings. The molecule has 0 aromatic carbocycles. The van der Waals surface area contributed by atoms with Crippen molar-refractivity contribution in [2.75, 3.05) is 5.32 Å². The normalized spacial score (nSPS) is 10.4. The monoisotopic (exact) mass is 237 g/mol. The van der Waals surface area contributed by atoms with Crippen molar-refractivity contribution in [1.29, 1.82) is 0 Å². The first kappa shape index (κ1) is 10.8. The van der Waals surface area contributed by atoms with Crippen molar-refractivity contribution >= 4 is 23.1 Å². The first-order chi connectivity index (χ1) is 7.65. The molecule has 0 unspecified atom stereocenters. The van der Waals surface area contributed by atoms with Crippen LogP contribution in [0, 0.1) is 13.8 Å². The summed E-state index contributed by atoms with van der Waals surface area (Å²) >= 11 is 1.48. The third-order valence-corrected chi connectivity index (χ3v) is 3.00. The van der Waals surface area contributed by atoms with Crippen molar-refractivity contribution in [1.82, 2.24) is 10.1 Å². The second-order valence-electron chi connectivity index (χ2n) is 3.41. The van der Waals surface area contributed by atoms with Crippen LogP contribution >= 0.6 is 11.3 Å². The Morgan fingerprint density at radius 1 is 1.56 bits per heavy atom. The fourth-order valence-corrected chi connectivity index (χ4v) is 2.03. The molecule has 0 saturated carbocycles. The lowest BCUT2D eigenvalue weighted by Gasteiger charge is -1.99. The third-order valence-electron chi connectivity index (χ3n) is 2.06. The molecule has 0 aliphatic rings. The number of nitrogens with one attached hydrogen (secondary N) is 1. The lowest BCUT2D eigenvalue weighted by Crippen LogP contribution is -2.14. The number of carbonyl (C=O) groups excluding carboxylic acids is 1. The van der Waals surface area contributed by atoms with E-state index in [1.165, 1.54) is 11.3 Å². The van der Waals surface area contributed by atoms with E-state index in [2.05, 4.69) is 15.5 Å². The molecular formula is C10H11N3O2S. The number of aromatic nitrogens is 2. The minimum atomic E-state index is -0.111. The van der Waals surface area contributed by atoms with E-state index in [9.17, 15) is 4.79 Å². The Kier molecular flexibility index (Phi) is 3.00. The van der Waals surface area contributed by atoms with Crippen LogP contribution in [0.1, 0.15) is 16.3 Å². The van der Waals surface area contributed by atoms with E-state index < -0.39 is 0 Å². The van der Waals surface area contributed by atoms with Gasteiger partial charge >= 0.3 is 0 Å². The highest BCUT2D eigenvalue weighted by molar-refractivity contribution is 7.09. The van der Waals surface area contributed by atoms with Crippen LogP contribution < -0.4 is 5.32 Å². The molecule has 0 aliphatic heterocycles. The largest absolute Gasteiger partial charge is 0.360 e. The predicted molar refractivity (Wildman–Crippen MR) is 60.4 cm³/mol. The van der Waals surface area contributed by atoms with E-state index in [0.717, 1.165) is 10.6 Å². The molecule has 1 amide bonds. The molecule has 0 fully saturated rings. The second kappa shape index (κ2) is 4.44. The van der Waals surface area contributed by atoms with Gasteiger partial charge < -0.3 is 9.84 Å². The van der Waals surface area contributed by atoms with Gasteiger partial charge in [-0.05, 0) is 13.8 Å². The van der Waals surface area contributed by atoms with Crippen LogP contribution in [-0.4, -0.2) is 16.0 Å². The topological polar surface area (TPSA) is 68.0 Å². The van der Waals surface area contributed by atoms with Gasteiger partial charge in [-0.15, -0.1) is 11.3 Å². The molecule has 0 aliphatic carbocycles. The van der Waals surface area contributed by atoms with Crippen LogP contribution in [-0.2, 0) is 11.2 Å². The molecule has 2 rings (SSSR count). The number of nitrogens with zero attached hydrogens (tertiary/aromatic N) is 2. The molecule has 5 nitrogen and oxygen atoms in total. The van der Waals surface area contributed by atoms with Gasteiger partial charge in [0, 0.05) is 10.9 Å². The fourth-order valence-electron chi connectivity index (χ4n) is 1.25. The highest BCUT2D eigenvalue weighted by atomic mass is 32.1. The van der Waals surface area contributed by atoms with Gasteiger partial charge in [0.15, 0.2) is 5.82 Å². The van der Waals surface area contributed by atoms with Gasteiger partial charge in [-0.3, -0.25) is 4.79 Å². The van der Waals surface area contributed by atoms with Crippen molar-refractivity contribution < 1.29 is 9.32 Å². The molecule has 0 saturated heterocycles. The van der Waals surface area contributed by atoms with E-state index in [0.29, 0.717) is 18.0 Å². The quantitative estimate of drug-likeness (QED) is 0.885. The molecule has 6 heteroatoms. The van der Waals surface area contributed by atoms with E-state index in [1.807, 2.05) is 6.92 Å². The molecule has 0 atom stereocenters. The first-order valence-electron chi connectivity index (χ1n) is 4.77. The Morgan fingerprint density at radius 3 is 2.94 bits per heavy atom. The lowest BCUT2D eigenvalue weighted by molar-refractivity contribution is -0.115. The van der Waals surface area contributed by atoms with Crippen molar-refractivity contribution in [2.45, 2.75) is 20.3 Å². The number of rotatable bonds is 3. The maximum atomic E-state index is 11.6. The number of hydrogen-bond acceptors (Lipinski definition) is 5. The summed E-state index contributed by atoms with van der Waals surface area (Å²) in [5.74, 6) is 1.01. The summed E-state index contributed by atoms with van der Waals surface area (Å²) in [6, 6.07) is 1.68. The smallest absolute Gasteiger partial charge is 0.230 e. The van der Waals surface area contributed by atoms with Crippen molar-refractivity contribution in [3.05, 3.63) is 27.9 Å². The van der Waals surface area contributed by atoms with Crippen LogP contribution in [0.4, 0.5) is 5.82 Å². The number of anilines is 1. The minimum Gasteiger partial charge on any atom is -0.360 e. The first-order valence-corrected chi connectivity index (χ1v) is 5.65. The van der Waals surface area contributed by atoms with Gasteiger partial charge in [0.25, 0.3) is 0 Å². The van der Waals surface area contributed by atoms with Gasteiger partial charge in [0.1, 0.15) is 5.76 Å². The maximum Gasteiger partial charge on any atom is 0.230 e. The fraction of sp³-hybridized carbons (Fsp3) is 0.300. The lowest BCUT2D eigenvalue weighted by atomic mass is 10.3. The summed E-state index contributed by atoms with van der Waals surface area (Å²) in [5.41, 5.74) is 2.63. The average Bonchev–Trinajstić information content (AvgIpc) is 2.77. The van der Waals surface area contributed by atoms with Gasteiger partial charge in [0.2, 0.25) is 5.91 Å². The minimum absolute atomic E-state index is 0.111. The van der Waals surface area contributed by atoms with Crippen molar-refractivity contribution in [3.63, 3.8) is 0 Å². The Morgan fingerprint density at radius 2 is 2.38 bits per heavy atom. The van der Waals surface area contributed by atoms with Gasteiger partial charge in [-0.25, -0.2) is 4.98 Å². The number of thiazole rings is 1. The molecule has 0 spiro atoms. The molecule has 2 heterocycles. The zero-order valence-corrected chi connectivity index (χ0v) is 9.80. The molecule has 16 heavy (non-hydrogen) atoms. The summed E-state index contributed by atoms with van der Waals surface area (Å²) in [7, 11) is 0. The van der Waals surface area contributed by atoms with Crippen LogP contribution in [0.3, 0.4) is 0 Å². The Bertz CT molecular complexity index is 504. The highest BCUT2D eigenvalue weighted by Crippen LogP contribution is 2.14. The number of aryl methyl sites for hydroxylation is 2. The Hall–Kier alpha value is -1.69. The predicted octanol–water partition coefficient (Wildman–Crippen LogP) is 1.93. The SMILES string of the molecule is Cc1cc(NC(=O)Cc2scnc2C)no1. The zero-order valence-electron chi connectivity index (χ0n) is 8.98. The van der Waals surface area contributed by atoms with E-state index in [-0.39, 0.29) is 5.91 Å². The number of amides is 1. The van der Waals surface area contributed by atoms with E-state index in [1.54, 1.807) is 18.5 Å². The van der Waals surface area contributed by atoms with Gasteiger partial charge in [-0.1, -0.05) is 5.16 Å². The molecule has 1 N–H and O–H groups in total. The zero-order chi connectivity index (χ0) is 11.5.